The van der Waals surface area contributed by atoms with Crippen molar-refractivity contribution in [1.82, 2.24) is 5.16 Å². The third kappa shape index (κ3) is 2.21. The quantitative estimate of drug-likeness (QED) is 0.854. The molecular formula is C12H8Cl2NO2. The summed E-state index contributed by atoms with van der Waals surface area (Å²) in [5.41, 5.74) is 1.74. The maximum Gasteiger partial charge on any atom is 0.203 e. The van der Waals surface area contributed by atoms with Crippen molar-refractivity contribution in [1.29, 1.82) is 0 Å². The minimum absolute atomic E-state index is 0.103. The zero-order chi connectivity index (χ0) is 12.4. The van der Waals surface area contributed by atoms with E-state index in [4.69, 9.17) is 27.7 Å². The van der Waals surface area contributed by atoms with Gasteiger partial charge in [-0.25, -0.2) is 0 Å². The highest BCUT2D eigenvalue weighted by atomic mass is 35.5. The molecule has 5 heteroatoms. The molecule has 2 aromatic rings. The number of hydrogen-bond acceptors (Lipinski definition) is 3. The lowest BCUT2D eigenvalue weighted by molar-refractivity contribution is 0.398. The molecule has 0 N–H and O–H groups in total. The van der Waals surface area contributed by atoms with Crippen molar-refractivity contribution in [2.75, 3.05) is 0 Å². The van der Waals surface area contributed by atoms with Crippen LogP contribution in [-0.4, -0.2) is 11.4 Å². The number of hydrogen-bond donors (Lipinski definition) is 0. The Hall–Kier alpha value is -1.32. The highest BCUT2D eigenvalue weighted by Gasteiger charge is 2.19. The van der Waals surface area contributed by atoms with E-state index in [-0.39, 0.29) is 6.42 Å². The summed E-state index contributed by atoms with van der Waals surface area (Å²) in [7, 11) is 0. The SMILES string of the molecule is Cc1onc(-c2c(Cl)cccc2Cl)c1C[C]=O. The van der Waals surface area contributed by atoms with Crippen molar-refractivity contribution >= 4 is 29.5 Å². The smallest absolute Gasteiger partial charge is 0.203 e. The van der Waals surface area contributed by atoms with Crippen LogP contribution < -0.4 is 0 Å². The first-order chi connectivity index (χ1) is 8.15. The highest BCUT2D eigenvalue weighted by Crippen LogP contribution is 2.36. The molecule has 1 heterocycles. The van der Waals surface area contributed by atoms with E-state index in [1.165, 1.54) is 0 Å². The Balaban J connectivity index is 2.64. The third-order valence-electron chi connectivity index (χ3n) is 2.43. The monoisotopic (exact) mass is 268 g/mol. The van der Waals surface area contributed by atoms with E-state index in [9.17, 15) is 4.79 Å². The van der Waals surface area contributed by atoms with E-state index in [2.05, 4.69) is 5.16 Å². The summed E-state index contributed by atoms with van der Waals surface area (Å²) >= 11 is 12.2. The van der Waals surface area contributed by atoms with Crippen molar-refractivity contribution in [3.8, 4) is 11.3 Å². The largest absolute Gasteiger partial charge is 0.361 e. The van der Waals surface area contributed by atoms with Gasteiger partial charge in [-0.2, -0.15) is 0 Å². The first kappa shape index (κ1) is 12.1. The van der Waals surface area contributed by atoms with Gasteiger partial charge in [0.2, 0.25) is 6.29 Å². The second-order valence-electron chi connectivity index (χ2n) is 3.48. The summed E-state index contributed by atoms with van der Waals surface area (Å²) in [5, 5.41) is 4.84. The van der Waals surface area contributed by atoms with Crippen LogP contribution in [0.4, 0.5) is 0 Å². The molecular weight excluding hydrogens is 261 g/mol. The molecule has 0 unspecified atom stereocenters. The Morgan fingerprint density at radius 3 is 2.59 bits per heavy atom. The standard InChI is InChI=1S/C12H8Cl2NO2/c1-7-8(5-6-16)12(15-17-7)11-9(13)3-2-4-10(11)14/h2-4H,5H2,1H3. The van der Waals surface area contributed by atoms with Crippen LogP contribution in [0.5, 0.6) is 0 Å². The summed E-state index contributed by atoms with van der Waals surface area (Å²) in [6.07, 6.45) is 1.93. The topological polar surface area (TPSA) is 43.1 Å². The normalized spacial score (nSPS) is 10.5. The summed E-state index contributed by atoms with van der Waals surface area (Å²) in [6, 6.07) is 5.16. The van der Waals surface area contributed by atoms with Crippen LogP contribution in [0.2, 0.25) is 10.0 Å². The molecule has 0 aliphatic carbocycles. The van der Waals surface area contributed by atoms with Crippen LogP contribution in [0.25, 0.3) is 11.3 Å². The fourth-order valence-electron chi connectivity index (χ4n) is 1.59. The van der Waals surface area contributed by atoms with E-state index >= 15 is 0 Å². The van der Waals surface area contributed by atoms with Crippen molar-refractivity contribution in [3.63, 3.8) is 0 Å². The zero-order valence-electron chi connectivity index (χ0n) is 8.96. The van der Waals surface area contributed by atoms with Gasteiger partial charge in [-0.15, -0.1) is 0 Å². The minimum Gasteiger partial charge on any atom is -0.361 e. The van der Waals surface area contributed by atoms with Gasteiger partial charge in [0, 0.05) is 17.5 Å². The van der Waals surface area contributed by atoms with Crippen molar-refractivity contribution in [2.24, 2.45) is 0 Å². The lowest BCUT2D eigenvalue weighted by atomic mass is 10.0. The number of aryl methyl sites for hydroxylation is 1. The third-order valence-corrected chi connectivity index (χ3v) is 3.06. The van der Waals surface area contributed by atoms with E-state index in [1.54, 1.807) is 25.1 Å². The van der Waals surface area contributed by atoms with Gasteiger partial charge in [-0.05, 0) is 19.1 Å². The Labute approximate surface area is 108 Å². The van der Waals surface area contributed by atoms with Gasteiger partial charge in [0.15, 0.2) is 0 Å². The lowest BCUT2D eigenvalue weighted by Crippen LogP contribution is -1.91. The summed E-state index contributed by atoms with van der Waals surface area (Å²) in [4.78, 5) is 10.5. The Morgan fingerprint density at radius 2 is 2.00 bits per heavy atom. The van der Waals surface area contributed by atoms with Gasteiger partial charge in [-0.3, -0.25) is 4.79 Å². The predicted molar refractivity (Wildman–Crippen MR) is 66.1 cm³/mol. The van der Waals surface area contributed by atoms with Crippen LogP contribution in [0.3, 0.4) is 0 Å². The molecule has 3 nitrogen and oxygen atoms in total. The van der Waals surface area contributed by atoms with Crippen molar-refractivity contribution in [2.45, 2.75) is 13.3 Å². The summed E-state index contributed by atoms with van der Waals surface area (Å²) in [6.45, 7) is 1.73. The van der Waals surface area contributed by atoms with Gasteiger partial charge in [-0.1, -0.05) is 34.4 Å². The average molecular weight is 269 g/mol. The van der Waals surface area contributed by atoms with Crippen LogP contribution in [0, 0.1) is 6.92 Å². The van der Waals surface area contributed by atoms with E-state index < -0.39 is 0 Å². The molecule has 2 rings (SSSR count). The average Bonchev–Trinajstić information content (AvgIpc) is 2.62. The molecule has 0 aliphatic rings. The van der Waals surface area contributed by atoms with Gasteiger partial charge >= 0.3 is 0 Å². The highest BCUT2D eigenvalue weighted by molar-refractivity contribution is 6.39. The van der Waals surface area contributed by atoms with Crippen LogP contribution in [-0.2, 0) is 11.2 Å². The maximum atomic E-state index is 10.5. The van der Waals surface area contributed by atoms with Crippen molar-refractivity contribution < 1.29 is 9.32 Å². The summed E-state index contributed by atoms with van der Waals surface area (Å²) < 4.78 is 5.07. The Kier molecular flexibility index (Phi) is 3.50. The van der Waals surface area contributed by atoms with E-state index in [0.29, 0.717) is 32.6 Å². The van der Waals surface area contributed by atoms with Gasteiger partial charge < -0.3 is 4.52 Å². The van der Waals surface area contributed by atoms with Gasteiger partial charge in [0.1, 0.15) is 11.5 Å². The number of aromatic nitrogens is 1. The Morgan fingerprint density at radius 1 is 1.35 bits per heavy atom. The molecule has 0 spiro atoms. The number of halogens is 2. The molecule has 0 atom stereocenters. The minimum atomic E-state index is 0.103. The maximum absolute atomic E-state index is 10.5. The first-order valence-corrected chi connectivity index (χ1v) is 5.65. The molecule has 17 heavy (non-hydrogen) atoms. The zero-order valence-corrected chi connectivity index (χ0v) is 10.5. The van der Waals surface area contributed by atoms with Crippen molar-refractivity contribution in [3.05, 3.63) is 39.6 Å². The van der Waals surface area contributed by atoms with Gasteiger partial charge in [0.25, 0.3) is 0 Å². The van der Waals surface area contributed by atoms with E-state index in [1.807, 2.05) is 6.29 Å². The second kappa shape index (κ2) is 4.90. The molecule has 0 aliphatic heterocycles. The molecule has 1 aromatic heterocycles. The molecule has 0 bridgehead atoms. The summed E-state index contributed by atoms with van der Waals surface area (Å²) in [5.74, 6) is 0.569. The first-order valence-electron chi connectivity index (χ1n) is 4.89. The molecule has 0 saturated heterocycles. The number of carbonyl (C=O) groups excluding carboxylic acids is 1. The fourth-order valence-corrected chi connectivity index (χ4v) is 2.17. The molecule has 0 saturated carbocycles. The molecule has 1 aromatic carbocycles. The predicted octanol–water partition coefficient (Wildman–Crippen LogP) is 3.61. The fraction of sp³-hybridized carbons (Fsp3) is 0.167. The van der Waals surface area contributed by atoms with Crippen LogP contribution in [0.1, 0.15) is 11.3 Å². The van der Waals surface area contributed by atoms with Crippen LogP contribution >= 0.6 is 23.2 Å². The lowest BCUT2D eigenvalue weighted by Gasteiger charge is -2.04. The molecule has 87 valence electrons. The van der Waals surface area contributed by atoms with E-state index in [0.717, 1.165) is 0 Å². The van der Waals surface area contributed by atoms with Crippen LogP contribution in [0.15, 0.2) is 22.7 Å². The second-order valence-corrected chi connectivity index (χ2v) is 4.30. The van der Waals surface area contributed by atoms with Gasteiger partial charge in [0.05, 0.1) is 10.0 Å². The number of nitrogens with zero attached hydrogens (tertiary/aromatic N) is 1. The number of rotatable bonds is 3. The molecule has 0 amide bonds. The number of benzene rings is 1. The molecule has 1 radical (unpaired) electrons. The Bertz CT molecular complexity index is 543. The molecule has 0 fully saturated rings.